The SMILES string of the molecule is CCC(CCCSc1ncccc1Br)(NC)C(=O)O. The number of thioether (sulfide) groups is 1. The van der Waals surface area contributed by atoms with Gasteiger partial charge in [0.05, 0.1) is 0 Å². The molecule has 4 nitrogen and oxygen atoms in total. The summed E-state index contributed by atoms with van der Waals surface area (Å²) in [7, 11) is 1.71. The van der Waals surface area contributed by atoms with Gasteiger partial charge >= 0.3 is 5.97 Å². The molecular weight excluding hydrogens is 328 g/mol. The molecule has 1 heterocycles. The molecule has 0 aromatic carbocycles. The predicted octanol–water partition coefficient (Wildman–Crippen LogP) is 3.17. The molecule has 6 heteroatoms. The number of carboxylic acid groups (broad SMARTS) is 1. The van der Waals surface area contributed by atoms with Gasteiger partial charge in [0.2, 0.25) is 0 Å². The van der Waals surface area contributed by atoms with Crippen molar-refractivity contribution in [2.45, 2.75) is 36.8 Å². The van der Waals surface area contributed by atoms with Crippen LogP contribution in [0.3, 0.4) is 0 Å². The zero-order chi connectivity index (χ0) is 14.3. The summed E-state index contributed by atoms with van der Waals surface area (Å²) in [6.45, 7) is 1.90. The highest BCUT2D eigenvalue weighted by Crippen LogP contribution is 2.27. The lowest BCUT2D eigenvalue weighted by atomic mass is 9.91. The summed E-state index contributed by atoms with van der Waals surface area (Å²) in [5.41, 5.74) is -0.804. The quantitative estimate of drug-likeness (QED) is 0.559. The molecule has 106 valence electrons. The molecule has 1 rings (SSSR count). The first kappa shape index (κ1) is 16.5. The fourth-order valence-electron chi connectivity index (χ4n) is 1.86. The van der Waals surface area contributed by atoms with Crippen molar-refractivity contribution < 1.29 is 9.90 Å². The third-order valence-corrected chi connectivity index (χ3v) is 5.20. The maximum Gasteiger partial charge on any atom is 0.323 e. The van der Waals surface area contributed by atoms with Crippen LogP contribution in [0, 0.1) is 0 Å². The zero-order valence-corrected chi connectivity index (χ0v) is 13.6. The highest BCUT2D eigenvalue weighted by atomic mass is 79.9. The number of nitrogens with one attached hydrogen (secondary N) is 1. The molecule has 0 radical (unpaired) electrons. The lowest BCUT2D eigenvalue weighted by molar-refractivity contribution is -0.145. The molecule has 0 aliphatic rings. The molecule has 1 aromatic heterocycles. The van der Waals surface area contributed by atoms with E-state index in [4.69, 9.17) is 0 Å². The first-order chi connectivity index (χ1) is 9.05. The molecule has 0 spiro atoms. The standard InChI is InChI=1S/C13H19BrN2O2S/c1-3-13(15-2,12(17)18)7-5-9-19-11-10(14)6-4-8-16-11/h4,6,8,15H,3,5,7,9H2,1-2H3,(H,17,18). The first-order valence-electron chi connectivity index (χ1n) is 6.21. The molecule has 19 heavy (non-hydrogen) atoms. The Hall–Kier alpha value is -0.590. The molecule has 1 atom stereocenters. The molecule has 0 aliphatic heterocycles. The maximum atomic E-state index is 11.3. The van der Waals surface area contributed by atoms with Gasteiger partial charge in [-0.2, -0.15) is 0 Å². The molecule has 1 unspecified atom stereocenters. The summed E-state index contributed by atoms with van der Waals surface area (Å²) >= 11 is 5.09. The number of carboxylic acids is 1. The number of rotatable bonds is 8. The molecule has 0 amide bonds. The van der Waals surface area contributed by atoms with Crippen LogP contribution < -0.4 is 5.32 Å². The van der Waals surface area contributed by atoms with E-state index in [1.165, 1.54) is 0 Å². The summed E-state index contributed by atoms with van der Waals surface area (Å²) in [5, 5.41) is 13.2. The maximum absolute atomic E-state index is 11.3. The normalized spacial score (nSPS) is 14.1. The zero-order valence-electron chi connectivity index (χ0n) is 11.1. The van der Waals surface area contributed by atoms with Crippen molar-refractivity contribution in [3.63, 3.8) is 0 Å². The second-order valence-electron chi connectivity index (χ2n) is 4.23. The Balaban J connectivity index is 2.46. The van der Waals surface area contributed by atoms with Crippen molar-refractivity contribution in [1.29, 1.82) is 0 Å². The van der Waals surface area contributed by atoms with Gasteiger partial charge in [-0.3, -0.25) is 4.79 Å². The molecular formula is C13H19BrN2O2S. The Morgan fingerprint density at radius 1 is 1.63 bits per heavy atom. The number of pyridine rings is 1. The van der Waals surface area contributed by atoms with Crippen LogP contribution in [0.25, 0.3) is 0 Å². The van der Waals surface area contributed by atoms with Crippen molar-refractivity contribution in [1.82, 2.24) is 10.3 Å². The Morgan fingerprint density at radius 3 is 2.89 bits per heavy atom. The van der Waals surface area contributed by atoms with Crippen molar-refractivity contribution in [3.05, 3.63) is 22.8 Å². The van der Waals surface area contributed by atoms with Gasteiger partial charge in [0.1, 0.15) is 10.6 Å². The molecule has 2 N–H and O–H groups in total. The van der Waals surface area contributed by atoms with Gasteiger partial charge in [-0.15, -0.1) is 11.8 Å². The van der Waals surface area contributed by atoms with E-state index in [9.17, 15) is 9.90 Å². The average molecular weight is 347 g/mol. The van der Waals surface area contributed by atoms with Crippen molar-refractivity contribution >= 4 is 33.7 Å². The summed E-state index contributed by atoms with van der Waals surface area (Å²) in [5.74, 6) is 0.0771. The summed E-state index contributed by atoms with van der Waals surface area (Å²) in [6, 6.07) is 3.83. The topological polar surface area (TPSA) is 62.2 Å². The highest BCUT2D eigenvalue weighted by molar-refractivity contribution is 9.10. The fourth-order valence-corrected chi connectivity index (χ4v) is 3.29. The van der Waals surface area contributed by atoms with Crippen LogP contribution in [-0.4, -0.2) is 34.4 Å². The second kappa shape index (κ2) is 7.87. The minimum atomic E-state index is -0.804. The molecule has 0 saturated carbocycles. The Kier molecular flexibility index (Phi) is 6.82. The van der Waals surface area contributed by atoms with Crippen molar-refractivity contribution in [3.8, 4) is 0 Å². The summed E-state index contributed by atoms with van der Waals surface area (Å²) in [4.78, 5) is 15.6. The number of nitrogens with zero attached hydrogens (tertiary/aromatic N) is 1. The third kappa shape index (κ3) is 4.47. The van der Waals surface area contributed by atoms with E-state index in [-0.39, 0.29) is 0 Å². The van der Waals surface area contributed by atoms with Gasteiger partial charge in [-0.1, -0.05) is 6.92 Å². The smallest absolute Gasteiger partial charge is 0.323 e. The highest BCUT2D eigenvalue weighted by Gasteiger charge is 2.33. The van der Waals surface area contributed by atoms with E-state index < -0.39 is 11.5 Å². The van der Waals surface area contributed by atoms with Crippen LogP contribution in [0.5, 0.6) is 0 Å². The number of halogens is 1. The van der Waals surface area contributed by atoms with Crippen LogP contribution in [0.1, 0.15) is 26.2 Å². The van der Waals surface area contributed by atoms with Gasteiger partial charge in [0, 0.05) is 10.7 Å². The number of aliphatic carboxylic acids is 1. The first-order valence-corrected chi connectivity index (χ1v) is 7.99. The molecule has 1 aromatic rings. The Morgan fingerprint density at radius 2 is 2.37 bits per heavy atom. The summed E-state index contributed by atoms with van der Waals surface area (Å²) < 4.78 is 0.980. The van der Waals surface area contributed by atoms with E-state index in [2.05, 4.69) is 26.2 Å². The monoisotopic (exact) mass is 346 g/mol. The number of carbonyl (C=O) groups is 1. The van der Waals surface area contributed by atoms with Gasteiger partial charge < -0.3 is 10.4 Å². The number of aromatic nitrogens is 1. The predicted molar refractivity (Wildman–Crippen MR) is 81.6 cm³/mol. The largest absolute Gasteiger partial charge is 0.480 e. The van der Waals surface area contributed by atoms with E-state index in [0.717, 1.165) is 21.7 Å². The number of hydrogen-bond acceptors (Lipinski definition) is 4. The number of hydrogen-bond donors (Lipinski definition) is 2. The lowest BCUT2D eigenvalue weighted by Gasteiger charge is -2.27. The van der Waals surface area contributed by atoms with Gasteiger partial charge in [0.15, 0.2) is 0 Å². The third-order valence-electron chi connectivity index (χ3n) is 3.20. The second-order valence-corrected chi connectivity index (χ2v) is 6.17. The van der Waals surface area contributed by atoms with E-state index in [1.807, 2.05) is 19.1 Å². The molecule has 0 bridgehead atoms. The van der Waals surface area contributed by atoms with E-state index >= 15 is 0 Å². The fraction of sp³-hybridized carbons (Fsp3) is 0.538. The minimum absolute atomic E-state index is 0.580. The van der Waals surface area contributed by atoms with E-state index in [0.29, 0.717) is 12.8 Å². The van der Waals surface area contributed by atoms with Gasteiger partial charge in [0.25, 0.3) is 0 Å². The lowest BCUT2D eigenvalue weighted by Crippen LogP contribution is -2.49. The van der Waals surface area contributed by atoms with E-state index in [1.54, 1.807) is 25.0 Å². The number of likely N-dealkylation sites (N-methyl/N-ethyl adjacent to an activating group) is 1. The van der Waals surface area contributed by atoms with Crippen LogP contribution in [0.4, 0.5) is 0 Å². The molecule has 0 saturated heterocycles. The van der Waals surface area contributed by atoms with Crippen LogP contribution in [0.2, 0.25) is 0 Å². The summed E-state index contributed by atoms with van der Waals surface area (Å²) in [6.07, 6.45) is 3.78. The van der Waals surface area contributed by atoms with Gasteiger partial charge in [-0.05, 0) is 60.1 Å². The van der Waals surface area contributed by atoms with Gasteiger partial charge in [-0.25, -0.2) is 4.98 Å². The molecule has 0 fully saturated rings. The molecule has 0 aliphatic carbocycles. The Labute approximate surface area is 126 Å². The van der Waals surface area contributed by atoms with Crippen molar-refractivity contribution in [2.75, 3.05) is 12.8 Å². The Bertz CT molecular complexity index is 425. The minimum Gasteiger partial charge on any atom is -0.480 e. The average Bonchev–Trinajstić information content (AvgIpc) is 2.41. The van der Waals surface area contributed by atoms with Crippen LogP contribution in [-0.2, 0) is 4.79 Å². The van der Waals surface area contributed by atoms with Crippen LogP contribution >= 0.6 is 27.7 Å². The van der Waals surface area contributed by atoms with Crippen LogP contribution in [0.15, 0.2) is 27.8 Å². The van der Waals surface area contributed by atoms with Crippen molar-refractivity contribution in [2.24, 2.45) is 0 Å².